The zero-order valence-corrected chi connectivity index (χ0v) is 17.3. The molecule has 30 heavy (non-hydrogen) atoms. The molecule has 0 radical (unpaired) electrons. The van der Waals surface area contributed by atoms with Gasteiger partial charge in [0.1, 0.15) is 11.6 Å². The third-order valence-corrected chi connectivity index (χ3v) is 5.71. The van der Waals surface area contributed by atoms with E-state index < -0.39 is 0 Å². The molecule has 0 aliphatic rings. The molecular formula is C28H26F2. The lowest BCUT2D eigenvalue weighted by atomic mass is 9.96. The summed E-state index contributed by atoms with van der Waals surface area (Å²) in [5, 5.41) is 1.61. The van der Waals surface area contributed by atoms with E-state index in [0.717, 1.165) is 28.5 Å². The average molecular weight is 401 g/mol. The molecule has 2 heteroatoms. The lowest BCUT2D eigenvalue weighted by molar-refractivity contribution is 0.628. The van der Waals surface area contributed by atoms with Crippen LogP contribution in [0.4, 0.5) is 8.78 Å². The Morgan fingerprint density at radius 1 is 0.633 bits per heavy atom. The summed E-state index contributed by atoms with van der Waals surface area (Å²) < 4.78 is 28.4. The predicted octanol–water partition coefficient (Wildman–Crippen LogP) is 8.57. The van der Waals surface area contributed by atoms with E-state index in [4.69, 9.17) is 0 Å². The Morgan fingerprint density at radius 3 is 2.00 bits per heavy atom. The lowest BCUT2D eigenvalue weighted by Crippen LogP contribution is -1.90. The highest BCUT2D eigenvalue weighted by Crippen LogP contribution is 2.31. The number of unbranched alkanes of at least 4 members (excludes halogenated alkanes) is 3. The maximum atomic E-state index is 15.3. The summed E-state index contributed by atoms with van der Waals surface area (Å²) in [6.07, 6.45) is 5.97. The molecule has 4 aromatic carbocycles. The van der Waals surface area contributed by atoms with E-state index >= 15 is 4.39 Å². The molecule has 0 saturated heterocycles. The monoisotopic (exact) mass is 400 g/mol. The summed E-state index contributed by atoms with van der Waals surface area (Å²) in [7, 11) is 0. The molecular weight excluding hydrogens is 374 g/mol. The van der Waals surface area contributed by atoms with Crippen LogP contribution in [0.25, 0.3) is 33.0 Å². The van der Waals surface area contributed by atoms with E-state index in [1.54, 1.807) is 12.1 Å². The van der Waals surface area contributed by atoms with Crippen molar-refractivity contribution in [3.63, 3.8) is 0 Å². The fourth-order valence-corrected chi connectivity index (χ4v) is 3.96. The van der Waals surface area contributed by atoms with Crippen molar-refractivity contribution >= 4 is 10.8 Å². The fraction of sp³-hybridized carbons (Fsp3) is 0.214. The van der Waals surface area contributed by atoms with Gasteiger partial charge in [-0.3, -0.25) is 0 Å². The van der Waals surface area contributed by atoms with Crippen molar-refractivity contribution in [3.8, 4) is 22.3 Å². The van der Waals surface area contributed by atoms with Crippen molar-refractivity contribution in [2.24, 2.45) is 0 Å². The number of aryl methyl sites for hydroxylation is 1. The zero-order chi connectivity index (χ0) is 20.9. The van der Waals surface area contributed by atoms with Crippen LogP contribution >= 0.6 is 0 Å². The van der Waals surface area contributed by atoms with E-state index in [2.05, 4.69) is 19.1 Å². The van der Waals surface area contributed by atoms with E-state index in [0.29, 0.717) is 10.9 Å². The number of hydrogen-bond acceptors (Lipinski definition) is 0. The van der Waals surface area contributed by atoms with Crippen LogP contribution in [0.15, 0.2) is 78.9 Å². The molecule has 0 unspecified atom stereocenters. The molecule has 0 nitrogen and oxygen atoms in total. The highest BCUT2D eigenvalue weighted by molar-refractivity contribution is 5.89. The lowest BCUT2D eigenvalue weighted by Gasteiger charge is -2.10. The third-order valence-electron chi connectivity index (χ3n) is 5.71. The SMILES string of the molecule is CCCCCCc1ccc2c(F)c(-c3ccc(-c4ccc(F)cc4)cc3)ccc2c1. The number of benzene rings is 4. The van der Waals surface area contributed by atoms with E-state index in [1.165, 1.54) is 43.4 Å². The first kappa shape index (κ1) is 20.3. The van der Waals surface area contributed by atoms with Gasteiger partial charge in [0.2, 0.25) is 0 Å². The van der Waals surface area contributed by atoms with Crippen molar-refractivity contribution in [2.75, 3.05) is 0 Å². The van der Waals surface area contributed by atoms with Gasteiger partial charge >= 0.3 is 0 Å². The number of fused-ring (bicyclic) bond motifs is 1. The van der Waals surface area contributed by atoms with Crippen LogP contribution in [0.5, 0.6) is 0 Å². The van der Waals surface area contributed by atoms with Crippen LogP contribution in [0.1, 0.15) is 38.2 Å². The summed E-state index contributed by atoms with van der Waals surface area (Å²) in [5.41, 5.74) is 4.63. The maximum Gasteiger partial charge on any atom is 0.138 e. The highest BCUT2D eigenvalue weighted by atomic mass is 19.1. The van der Waals surface area contributed by atoms with Gasteiger partial charge in [-0.15, -0.1) is 0 Å². The van der Waals surface area contributed by atoms with Crippen molar-refractivity contribution < 1.29 is 8.78 Å². The smallest absolute Gasteiger partial charge is 0.138 e. The molecule has 4 rings (SSSR count). The third kappa shape index (κ3) is 4.43. The molecule has 4 aromatic rings. The van der Waals surface area contributed by atoms with Gasteiger partial charge in [0.25, 0.3) is 0 Å². The van der Waals surface area contributed by atoms with Gasteiger partial charge in [-0.1, -0.05) is 92.9 Å². The van der Waals surface area contributed by atoms with Gasteiger partial charge in [-0.05, 0) is 52.6 Å². The maximum absolute atomic E-state index is 15.3. The molecule has 0 amide bonds. The second-order valence-corrected chi connectivity index (χ2v) is 7.88. The van der Waals surface area contributed by atoms with Crippen molar-refractivity contribution in [3.05, 3.63) is 96.1 Å². The summed E-state index contributed by atoms with van der Waals surface area (Å²) >= 11 is 0. The van der Waals surface area contributed by atoms with Gasteiger partial charge < -0.3 is 0 Å². The molecule has 0 aliphatic heterocycles. The first-order valence-corrected chi connectivity index (χ1v) is 10.7. The van der Waals surface area contributed by atoms with Crippen LogP contribution in [0, 0.1) is 11.6 Å². The van der Waals surface area contributed by atoms with Crippen LogP contribution in [0.2, 0.25) is 0 Å². The summed E-state index contributed by atoms with van der Waals surface area (Å²) in [6.45, 7) is 2.22. The topological polar surface area (TPSA) is 0 Å². The van der Waals surface area contributed by atoms with Crippen LogP contribution in [-0.4, -0.2) is 0 Å². The second kappa shape index (κ2) is 9.21. The summed E-state index contributed by atoms with van der Waals surface area (Å²) in [4.78, 5) is 0. The number of hydrogen-bond donors (Lipinski definition) is 0. The molecule has 0 aliphatic carbocycles. The van der Waals surface area contributed by atoms with Gasteiger partial charge in [0.05, 0.1) is 0 Å². The van der Waals surface area contributed by atoms with Gasteiger partial charge in [0, 0.05) is 10.9 Å². The Bertz CT molecular complexity index is 1130. The Morgan fingerprint density at radius 2 is 1.30 bits per heavy atom. The Kier molecular flexibility index (Phi) is 6.23. The van der Waals surface area contributed by atoms with Crippen molar-refractivity contribution in [1.29, 1.82) is 0 Å². The normalized spacial score (nSPS) is 11.2. The molecule has 152 valence electrons. The Hall–Kier alpha value is -3.00. The average Bonchev–Trinajstić information content (AvgIpc) is 2.78. The zero-order valence-electron chi connectivity index (χ0n) is 17.3. The van der Waals surface area contributed by atoms with Crippen molar-refractivity contribution in [2.45, 2.75) is 39.0 Å². The molecule has 0 spiro atoms. The Balaban J connectivity index is 1.58. The van der Waals surface area contributed by atoms with E-state index in [1.807, 2.05) is 42.5 Å². The Labute approximate surface area is 177 Å². The summed E-state index contributed by atoms with van der Waals surface area (Å²) in [6, 6.07) is 24.1. The molecule has 0 N–H and O–H groups in total. The quantitative estimate of drug-likeness (QED) is 0.273. The van der Waals surface area contributed by atoms with Crippen LogP contribution < -0.4 is 0 Å². The van der Waals surface area contributed by atoms with Crippen molar-refractivity contribution in [1.82, 2.24) is 0 Å². The predicted molar refractivity (Wildman–Crippen MR) is 123 cm³/mol. The highest BCUT2D eigenvalue weighted by Gasteiger charge is 2.10. The molecule has 0 saturated carbocycles. The van der Waals surface area contributed by atoms with E-state index in [9.17, 15) is 4.39 Å². The molecule has 0 aromatic heterocycles. The minimum absolute atomic E-state index is 0.181. The number of halogens is 2. The minimum Gasteiger partial charge on any atom is -0.207 e. The molecule has 0 fully saturated rings. The van der Waals surface area contributed by atoms with Gasteiger partial charge in [-0.2, -0.15) is 0 Å². The first-order chi connectivity index (χ1) is 14.7. The van der Waals surface area contributed by atoms with Gasteiger partial charge in [0.15, 0.2) is 0 Å². The first-order valence-electron chi connectivity index (χ1n) is 10.7. The number of rotatable bonds is 7. The fourth-order valence-electron chi connectivity index (χ4n) is 3.96. The van der Waals surface area contributed by atoms with Gasteiger partial charge in [-0.25, -0.2) is 8.78 Å². The standard InChI is InChI=1S/C28H26F2/c1-2-3-4-5-6-20-7-17-27-24(19-20)14-18-26(28(27)30)23-10-8-21(9-11-23)22-12-15-25(29)16-13-22/h7-19H,2-6H2,1H3. The molecule has 0 bridgehead atoms. The second-order valence-electron chi connectivity index (χ2n) is 7.88. The minimum atomic E-state index is -0.252. The summed E-state index contributed by atoms with van der Waals surface area (Å²) in [5.74, 6) is -0.433. The van der Waals surface area contributed by atoms with Crippen LogP contribution in [-0.2, 0) is 6.42 Å². The largest absolute Gasteiger partial charge is 0.207 e. The molecule has 0 atom stereocenters. The molecule has 0 heterocycles. The van der Waals surface area contributed by atoms with Crippen LogP contribution in [0.3, 0.4) is 0 Å². The van der Waals surface area contributed by atoms with E-state index in [-0.39, 0.29) is 11.6 Å².